The molecule has 3 aromatic rings. The zero-order valence-corrected chi connectivity index (χ0v) is 15.5. The second kappa shape index (κ2) is 6.33. The summed E-state index contributed by atoms with van der Waals surface area (Å²) in [7, 11) is 0. The molecule has 0 saturated carbocycles. The first-order chi connectivity index (χ1) is 12.5. The summed E-state index contributed by atoms with van der Waals surface area (Å²) in [4.78, 5) is 12.9. The van der Waals surface area contributed by atoms with Crippen LogP contribution in [0.1, 0.15) is 17.0 Å². The first-order valence-corrected chi connectivity index (χ1v) is 9.16. The fourth-order valence-corrected chi connectivity index (χ4v) is 4.57. The molecule has 0 radical (unpaired) electrons. The minimum absolute atomic E-state index is 0.0308. The predicted octanol–water partition coefficient (Wildman–Crippen LogP) is 4.79. The molecule has 0 fully saturated rings. The first-order valence-electron chi connectivity index (χ1n) is 7.59. The van der Waals surface area contributed by atoms with Gasteiger partial charge < -0.3 is 10.5 Å². The Balaban J connectivity index is 2.10. The molecule has 4 rings (SSSR count). The maximum absolute atomic E-state index is 12.9. The van der Waals surface area contributed by atoms with Gasteiger partial charge in [-0.3, -0.25) is 4.79 Å². The van der Waals surface area contributed by atoms with Gasteiger partial charge in [-0.15, -0.1) is 0 Å². The van der Waals surface area contributed by atoms with Crippen molar-refractivity contribution in [1.29, 1.82) is 5.26 Å². The molecule has 0 spiro atoms. The maximum Gasteiger partial charge on any atom is 0.240 e. The Bertz CT molecular complexity index is 1190. The number of benzene rings is 2. The van der Waals surface area contributed by atoms with E-state index in [4.69, 9.17) is 33.7 Å². The summed E-state index contributed by atoms with van der Waals surface area (Å²) < 4.78 is 6.30. The predicted molar refractivity (Wildman–Crippen MR) is 104 cm³/mol. The lowest BCUT2D eigenvalue weighted by molar-refractivity contribution is 0.398. The number of fused-ring (bicyclic) bond motifs is 3. The Morgan fingerprint density at radius 3 is 2.69 bits per heavy atom. The van der Waals surface area contributed by atoms with Gasteiger partial charge in [-0.25, -0.2) is 0 Å². The molecular formula is C19H10Cl2N2O2S. The standard InChI is InChI=1S/C19H10Cl2N2O2S/c20-9-5-6-10(13(21)7-9)15-12(8-22)18(23)25-17-11-3-1-2-4-14(11)26-19(24)16(15)17/h1-7,15H,23H2. The van der Waals surface area contributed by atoms with Gasteiger partial charge in [0.15, 0.2) is 0 Å². The molecule has 1 aliphatic heterocycles. The van der Waals surface area contributed by atoms with Crippen LogP contribution in [-0.4, -0.2) is 0 Å². The Hall–Kier alpha value is -2.52. The monoisotopic (exact) mass is 400 g/mol. The zero-order chi connectivity index (χ0) is 18.4. The van der Waals surface area contributed by atoms with Crippen LogP contribution in [0.2, 0.25) is 10.0 Å². The van der Waals surface area contributed by atoms with Crippen molar-refractivity contribution in [3.05, 3.63) is 84.6 Å². The van der Waals surface area contributed by atoms with E-state index in [0.717, 1.165) is 21.4 Å². The molecule has 0 aliphatic carbocycles. The van der Waals surface area contributed by atoms with Crippen LogP contribution in [0.15, 0.2) is 58.7 Å². The second-order valence-electron chi connectivity index (χ2n) is 5.72. The van der Waals surface area contributed by atoms with Gasteiger partial charge >= 0.3 is 0 Å². The van der Waals surface area contributed by atoms with Crippen LogP contribution in [0.3, 0.4) is 0 Å². The van der Waals surface area contributed by atoms with Gasteiger partial charge in [0.05, 0.1) is 11.5 Å². The lowest BCUT2D eigenvalue weighted by Gasteiger charge is -2.27. The van der Waals surface area contributed by atoms with Gasteiger partial charge in [-0.2, -0.15) is 5.26 Å². The van der Waals surface area contributed by atoms with Gasteiger partial charge in [-0.05, 0) is 29.8 Å². The average Bonchev–Trinajstić information content (AvgIpc) is 2.61. The molecule has 1 aliphatic rings. The molecule has 1 unspecified atom stereocenters. The summed E-state index contributed by atoms with van der Waals surface area (Å²) in [6.07, 6.45) is 0. The summed E-state index contributed by atoms with van der Waals surface area (Å²) in [6.45, 7) is 0. The van der Waals surface area contributed by atoms with Gasteiger partial charge in [0.2, 0.25) is 10.6 Å². The van der Waals surface area contributed by atoms with Crippen molar-refractivity contribution in [1.82, 2.24) is 0 Å². The van der Waals surface area contributed by atoms with E-state index in [1.54, 1.807) is 18.2 Å². The quantitative estimate of drug-likeness (QED) is 0.636. The minimum atomic E-state index is -0.707. The molecule has 0 saturated heterocycles. The van der Waals surface area contributed by atoms with E-state index < -0.39 is 5.92 Å². The number of ether oxygens (including phenoxy) is 1. The molecular weight excluding hydrogens is 391 g/mol. The minimum Gasteiger partial charge on any atom is -0.439 e. The highest BCUT2D eigenvalue weighted by Gasteiger charge is 2.35. The lowest BCUT2D eigenvalue weighted by Crippen LogP contribution is -2.25. The number of nitrogens with two attached hydrogens (primary N) is 1. The van der Waals surface area contributed by atoms with E-state index in [9.17, 15) is 10.1 Å². The van der Waals surface area contributed by atoms with Crippen LogP contribution in [0.25, 0.3) is 10.1 Å². The molecule has 2 aromatic carbocycles. The molecule has 1 atom stereocenters. The van der Waals surface area contributed by atoms with E-state index in [2.05, 4.69) is 6.07 Å². The van der Waals surface area contributed by atoms with Gasteiger partial charge in [0.1, 0.15) is 17.4 Å². The lowest BCUT2D eigenvalue weighted by atomic mass is 9.84. The van der Waals surface area contributed by atoms with Crippen LogP contribution in [0.5, 0.6) is 5.75 Å². The third-order valence-corrected chi connectivity index (χ3v) is 5.79. The number of nitrogens with zero attached hydrogens (tertiary/aromatic N) is 1. The van der Waals surface area contributed by atoms with Crippen molar-refractivity contribution in [2.45, 2.75) is 5.92 Å². The number of hydrogen-bond acceptors (Lipinski definition) is 5. The fourth-order valence-electron chi connectivity index (χ4n) is 3.11. The second-order valence-corrected chi connectivity index (χ2v) is 7.58. The van der Waals surface area contributed by atoms with Crippen molar-refractivity contribution in [2.24, 2.45) is 5.73 Å². The van der Waals surface area contributed by atoms with Crippen molar-refractivity contribution < 1.29 is 4.74 Å². The Morgan fingerprint density at radius 1 is 1.19 bits per heavy atom. The molecule has 7 heteroatoms. The maximum atomic E-state index is 12.9. The molecule has 0 amide bonds. The van der Waals surface area contributed by atoms with E-state index >= 15 is 0 Å². The van der Waals surface area contributed by atoms with E-state index in [0.29, 0.717) is 26.9 Å². The van der Waals surface area contributed by atoms with Crippen LogP contribution >= 0.6 is 34.5 Å². The highest BCUT2D eigenvalue weighted by molar-refractivity contribution is 7.16. The Kier molecular flexibility index (Phi) is 4.12. The van der Waals surface area contributed by atoms with Crippen molar-refractivity contribution in [3.63, 3.8) is 0 Å². The van der Waals surface area contributed by atoms with Crippen LogP contribution in [0, 0.1) is 11.3 Å². The summed E-state index contributed by atoms with van der Waals surface area (Å²) in [5.41, 5.74) is 7.12. The van der Waals surface area contributed by atoms with Crippen molar-refractivity contribution in [2.75, 3.05) is 0 Å². The molecule has 1 aromatic heterocycles. The largest absolute Gasteiger partial charge is 0.439 e. The highest BCUT2D eigenvalue weighted by Crippen LogP contribution is 2.46. The molecule has 4 nitrogen and oxygen atoms in total. The van der Waals surface area contributed by atoms with Crippen molar-refractivity contribution >= 4 is 44.6 Å². The summed E-state index contributed by atoms with van der Waals surface area (Å²) >= 11 is 13.5. The van der Waals surface area contributed by atoms with E-state index in [1.807, 2.05) is 24.3 Å². The molecule has 128 valence electrons. The zero-order valence-electron chi connectivity index (χ0n) is 13.1. The number of rotatable bonds is 1. The average molecular weight is 401 g/mol. The SMILES string of the molecule is N#CC1=C(N)Oc2c(c(=O)sc3ccccc23)C1c1ccc(Cl)cc1Cl. The number of hydrogen-bond donors (Lipinski definition) is 1. The summed E-state index contributed by atoms with van der Waals surface area (Å²) in [5.74, 6) is -0.365. The van der Waals surface area contributed by atoms with Gasteiger partial charge in [0, 0.05) is 20.1 Å². The Labute approximate surface area is 162 Å². The van der Waals surface area contributed by atoms with Crippen LogP contribution in [-0.2, 0) is 0 Å². The number of allylic oxidation sites excluding steroid dienone is 1. The third kappa shape index (κ3) is 2.55. The normalized spacial score (nSPS) is 16.1. The van der Waals surface area contributed by atoms with Crippen LogP contribution in [0.4, 0.5) is 0 Å². The summed E-state index contributed by atoms with van der Waals surface area (Å²) in [6, 6.07) is 14.4. The number of halogens is 2. The molecule has 0 bridgehead atoms. The third-order valence-electron chi connectivity index (χ3n) is 4.25. The van der Waals surface area contributed by atoms with E-state index in [-0.39, 0.29) is 16.2 Å². The fraction of sp³-hybridized carbons (Fsp3) is 0.0526. The number of nitriles is 1. The molecule has 2 heterocycles. The highest BCUT2D eigenvalue weighted by atomic mass is 35.5. The molecule has 2 N–H and O–H groups in total. The Morgan fingerprint density at radius 2 is 1.96 bits per heavy atom. The van der Waals surface area contributed by atoms with Gasteiger partial charge in [-0.1, -0.05) is 52.7 Å². The molecule has 26 heavy (non-hydrogen) atoms. The topological polar surface area (TPSA) is 76.1 Å². The summed E-state index contributed by atoms with van der Waals surface area (Å²) in [5, 5.41) is 11.2. The van der Waals surface area contributed by atoms with Crippen molar-refractivity contribution in [3.8, 4) is 11.8 Å². The van der Waals surface area contributed by atoms with E-state index in [1.165, 1.54) is 0 Å². The first kappa shape index (κ1) is 16.9. The van der Waals surface area contributed by atoms with Crippen LogP contribution < -0.4 is 15.2 Å². The van der Waals surface area contributed by atoms with Gasteiger partial charge in [0.25, 0.3) is 0 Å². The smallest absolute Gasteiger partial charge is 0.240 e.